The molecule has 0 amide bonds. The third-order valence-corrected chi connectivity index (χ3v) is 3.26. The molecule has 1 aliphatic rings. The molecule has 0 aliphatic heterocycles. The summed E-state index contributed by atoms with van der Waals surface area (Å²) in [6.45, 7) is -0.611. The fraction of sp³-hybridized carbons (Fsp3) is 0.286. The number of hydrogen-bond acceptors (Lipinski definition) is 3. The predicted molar refractivity (Wildman–Crippen MR) is 69.1 cm³/mol. The average molecular weight is 317 g/mol. The second-order valence-corrected chi connectivity index (χ2v) is 4.64. The van der Waals surface area contributed by atoms with E-state index in [1.807, 2.05) is 0 Å². The largest absolute Gasteiger partial charge is 0.431 e. The molecular weight excluding hydrogens is 306 g/mol. The Morgan fingerprint density at radius 1 is 1.27 bits per heavy atom. The van der Waals surface area contributed by atoms with Crippen LogP contribution in [0.1, 0.15) is 5.56 Å². The molecule has 1 aliphatic carbocycles. The summed E-state index contributed by atoms with van der Waals surface area (Å²) in [5.74, 6) is -1.74. The zero-order valence-corrected chi connectivity index (χ0v) is 11.1. The van der Waals surface area contributed by atoms with Crippen molar-refractivity contribution in [3.05, 3.63) is 70.1 Å². The summed E-state index contributed by atoms with van der Waals surface area (Å²) in [6, 6.07) is 5.35. The molecule has 0 saturated carbocycles. The maximum Gasteiger partial charge on any atom is 0.431 e. The van der Waals surface area contributed by atoms with E-state index in [0.29, 0.717) is 17.7 Å². The molecule has 2 rings (SSSR count). The van der Waals surface area contributed by atoms with Gasteiger partial charge in [0.05, 0.1) is 6.61 Å². The van der Waals surface area contributed by atoms with Crippen molar-refractivity contribution in [3.8, 4) is 0 Å². The molecule has 1 aromatic carbocycles. The number of alkyl halides is 3. The van der Waals surface area contributed by atoms with Gasteiger partial charge in [-0.1, -0.05) is 36.4 Å². The van der Waals surface area contributed by atoms with Crippen LogP contribution in [0, 0.1) is 10.1 Å². The first-order valence-electron chi connectivity index (χ1n) is 6.21. The van der Waals surface area contributed by atoms with Gasteiger partial charge >= 0.3 is 6.18 Å². The number of ether oxygens (including phenoxy) is 1. The molecule has 0 heterocycles. The Morgan fingerprint density at radius 2 is 1.91 bits per heavy atom. The number of halogens is 4. The molecule has 0 N–H and O–H groups in total. The summed E-state index contributed by atoms with van der Waals surface area (Å²) in [4.78, 5) is 9.75. The fourth-order valence-corrected chi connectivity index (χ4v) is 2.18. The zero-order valence-electron chi connectivity index (χ0n) is 11.1. The van der Waals surface area contributed by atoms with Crippen molar-refractivity contribution in [1.82, 2.24) is 0 Å². The molecule has 0 bridgehead atoms. The Labute approximate surface area is 122 Å². The van der Waals surface area contributed by atoms with Crippen LogP contribution in [-0.4, -0.2) is 22.7 Å². The normalized spacial score (nSPS) is 24.9. The van der Waals surface area contributed by atoms with Crippen LogP contribution in [0.2, 0.25) is 0 Å². The van der Waals surface area contributed by atoms with Gasteiger partial charge in [-0.05, 0) is 17.7 Å². The van der Waals surface area contributed by atoms with E-state index in [9.17, 15) is 27.7 Å². The van der Waals surface area contributed by atoms with Crippen molar-refractivity contribution in [2.45, 2.75) is 24.4 Å². The molecule has 0 saturated heterocycles. The minimum Gasteiger partial charge on any atom is -0.349 e. The minimum absolute atomic E-state index is 0.343. The highest BCUT2D eigenvalue weighted by molar-refractivity contribution is 5.31. The Bertz CT molecular complexity index is 612. The predicted octanol–water partition coefficient (Wildman–Crippen LogP) is 3.57. The topological polar surface area (TPSA) is 52.4 Å². The summed E-state index contributed by atoms with van der Waals surface area (Å²) < 4.78 is 59.0. The first-order valence-corrected chi connectivity index (χ1v) is 6.21. The van der Waals surface area contributed by atoms with Gasteiger partial charge in [-0.3, -0.25) is 10.1 Å². The number of nitrogens with zero attached hydrogens (tertiary/aromatic N) is 1. The molecule has 0 spiro atoms. The van der Waals surface area contributed by atoms with Crippen LogP contribution in [0.25, 0.3) is 0 Å². The van der Waals surface area contributed by atoms with Gasteiger partial charge in [-0.25, -0.2) is 4.39 Å². The molecule has 2 unspecified atom stereocenters. The standard InChI is InChI=1S/C14H11F4NO3/c15-11-7-4-8-12(19(20)21)13(11,14(16,17)18)22-9-10-5-2-1-3-6-10/h1-8,12H,9H2. The first-order chi connectivity index (χ1) is 10.3. The maximum atomic E-state index is 14.0. The number of nitro groups is 1. The van der Waals surface area contributed by atoms with E-state index in [-0.39, 0.29) is 0 Å². The lowest BCUT2D eigenvalue weighted by Gasteiger charge is -2.35. The van der Waals surface area contributed by atoms with E-state index >= 15 is 0 Å². The van der Waals surface area contributed by atoms with Crippen LogP contribution in [0.5, 0.6) is 0 Å². The summed E-state index contributed by atoms with van der Waals surface area (Å²) in [5.41, 5.74) is -3.28. The maximum absolute atomic E-state index is 14.0. The smallest absolute Gasteiger partial charge is 0.349 e. The molecule has 1 aromatic rings. The SMILES string of the molecule is O=[N+]([O-])C1C=CC=C(F)C1(OCc1ccccc1)C(F)(F)F. The third-order valence-electron chi connectivity index (χ3n) is 3.26. The van der Waals surface area contributed by atoms with Crippen molar-refractivity contribution >= 4 is 0 Å². The minimum atomic E-state index is -5.29. The van der Waals surface area contributed by atoms with Crippen molar-refractivity contribution in [2.75, 3.05) is 0 Å². The van der Waals surface area contributed by atoms with Gasteiger partial charge in [0.25, 0.3) is 11.6 Å². The van der Waals surface area contributed by atoms with Gasteiger partial charge in [-0.15, -0.1) is 0 Å². The lowest BCUT2D eigenvalue weighted by atomic mass is 9.87. The summed E-state index contributed by atoms with van der Waals surface area (Å²) in [6.07, 6.45) is -3.22. The molecule has 0 radical (unpaired) electrons. The van der Waals surface area contributed by atoms with Crippen LogP contribution in [0.15, 0.2) is 54.4 Å². The molecule has 2 atom stereocenters. The first kappa shape index (κ1) is 16.2. The zero-order chi connectivity index (χ0) is 16.4. The lowest BCUT2D eigenvalue weighted by Crippen LogP contribution is -2.59. The van der Waals surface area contributed by atoms with E-state index < -0.39 is 35.2 Å². The third kappa shape index (κ3) is 2.74. The van der Waals surface area contributed by atoms with Crippen LogP contribution in [-0.2, 0) is 11.3 Å². The Morgan fingerprint density at radius 3 is 2.45 bits per heavy atom. The molecule has 118 valence electrons. The molecular formula is C14H11F4NO3. The highest BCUT2D eigenvalue weighted by Crippen LogP contribution is 2.46. The Kier molecular flexibility index (Phi) is 4.32. The molecule has 0 fully saturated rings. The molecule has 22 heavy (non-hydrogen) atoms. The van der Waals surface area contributed by atoms with Crippen LogP contribution in [0.3, 0.4) is 0 Å². The van der Waals surface area contributed by atoms with Gasteiger partial charge in [0.15, 0.2) is 0 Å². The van der Waals surface area contributed by atoms with Crippen molar-refractivity contribution < 1.29 is 27.2 Å². The quantitative estimate of drug-likeness (QED) is 0.484. The lowest BCUT2D eigenvalue weighted by molar-refractivity contribution is -0.546. The number of rotatable bonds is 4. The number of hydrogen-bond donors (Lipinski definition) is 0. The second kappa shape index (κ2) is 5.88. The van der Waals surface area contributed by atoms with Crippen LogP contribution >= 0.6 is 0 Å². The summed E-state index contributed by atoms with van der Waals surface area (Å²) >= 11 is 0. The monoisotopic (exact) mass is 317 g/mol. The van der Waals surface area contributed by atoms with Gasteiger partial charge in [0.1, 0.15) is 5.83 Å². The van der Waals surface area contributed by atoms with Gasteiger partial charge in [-0.2, -0.15) is 13.2 Å². The molecule has 8 heteroatoms. The van der Waals surface area contributed by atoms with Crippen molar-refractivity contribution in [2.24, 2.45) is 0 Å². The van der Waals surface area contributed by atoms with Crippen LogP contribution < -0.4 is 0 Å². The van der Waals surface area contributed by atoms with E-state index in [4.69, 9.17) is 4.74 Å². The van der Waals surface area contributed by atoms with E-state index in [1.54, 1.807) is 18.2 Å². The van der Waals surface area contributed by atoms with Gasteiger partial charge < -0.3 is 4.74 Å². The van der Waals surface area contributed by atoms with Crippen molar-refractivity contribution in [1.29, 1.82) is 0 Å². The van der Waals surface area contributed by atoms with Gasteiger partial charge in [0.2, 0.25) is 0 Å². The average Bonchev–Trinajstić information content (AvgIpc) is 2.45. The highest BCUT2D eigenvalue weighted by atomic mass is 19.4. The Balaban J connectivity index is 2.41. The number of benzene rings is 1. The van der Waals surface area contributed by atoms with E-state index in [2.05, 4.69) is 0 Å². The number of allylic oxidation sites excluding steroid dienone is 2. The van der Waals surface area contributed by atoms with Crippen LogP contribution in [0.4, 0.5) is 17.6 Å². The fourth-order valence-electron chi connectivity index (χ4n) is 2.18. The summed E-state index contributed by atoms with van der Waals surface area (Å²) in [7, 11) is 0. The molecule has 0 aromatic heterocycles. The van der Waals surface area contributed by atoms with E-state index in [0.717, 1.165) is 6.08 Å². The molecule has 4 nitrogen and oxygen atoms in total. The van der Waals surface area contributed by atoms with Gasteiger partial charge in [0, 0.05) is 4.92 Å². The Hall–Kier alpha value is -2.22. The second-order valence-electron chi connectivity index (χ2n) is 4.64. The van der Waals surface area contributed by atoms with Crippen molar-refractivity contribution in [3.63, 3.8) is 0 Å². The van der Waals surface area contributed by atoms with E-state index in [1.165, 1.54) is 12.1 Å². The summed E-state index contributed by atoms with van der Waals surface area (Å²) in [5, 5.41) is 11.0. The highest BCUT2D eigenvalue weighted by Gasteiger charge is 2.69.